The van der Waals surface area contributed by atoms with E-state index in [0.717, 1.165) is 6.08 Å². The predicted molar refractivity (Wildman–Crippen MR) is 39.6 cm³/mol. The zero-order valence-electron chi connectivity index (χ0n) is 6.50. The minimum Gasteiger partial charge on any atom is -0.385 e. The van der Waals surface area contributed by atoms with Gasteiger partial charge < -0.3 is 10.2 Å². The van der Waals surface area contributed by atoms with Crippen molar-refractivity contribution in [3.63, 3.8) is 0 Å². The molecule has 2 nitrogen and oxygen atoms in total. The number of hydrogen-bond donors (Lipinski definition) is 2. The minimum absolute atomic E-state index is 0.440. The number of aliphatic hydroxyl groups excluding tert-OH is 1. The summed E-state index contributed by atoms with van der Waals surface area (Å²) in [6.45, 7) is 2.94. The number of hydrogen-bond acceptors (Lipinski definition) is 2. The Morgan fingerprint density at radius 3 is 2.64 bits per heavy atom. The van der Waals surface area contributed by atoms with Crippen LogP contribution in [0.5, 0.6) is 0 Å². The van der Waals surface area contributed by atoms with Gasteiger partial charge in [-0.05, 0) is 31.6 Å². The van der Waals surface area contributed by atoms with E-state index in [2.05, 4.69) is 0 Å². The van der Waals surface area contributed by atoms with E-state index in [1.54, 1.807) is 6.92 Å². The predicted octanol–water partition coefficient (Wildman–Crippen LogP) is 0.912. The van der Waals surface area contributed by atoms with Crippen molar-refractivity contribution in [1.29, 1.82) is 0 Å². The summed E-state index contributed by atoms with van der Waals surface area (Å²) in [6.07, 6.45) is 1.22. The fourth-order valence-electron chi connectivity index (χ4n) is 1.16. The van der Waals surface area contributed by atoms with Gasteiger partial charge in [-0.25, -0.2) is 4.39 Å². The van der Waals surface area contributed by atoms with Gasteiger partial charge in [-0.3, -0.25) is 0 Å². The van der Waals surface area contributed by atoms with Gasteiger partial charge in [0.2, 0.25) is 0 Å². The number of rotatable bonds is 0. The first-order valence-corrected chi connectivity index (χ1v) is 3.40. The van der Waals surface area contributed by atoms with E-state index in [4.69, 9.17) is 0 Å². The van der Waals surface area contributed by atoms with Crippen LogP contribution in [0.15, 0.2) is 23.6 Å². The molecular weight excluding hydrogens is 147 g/mol. The van der Waals surface area contributed by atoms with Crippen molar-refractivity contribution in [2.75, 3.05) is 0 Å². The molecule has 0 amide bonds. The lowest BCUT2D eigenvalue weighted by Crippen LogP contribution is -2.39. The standard InChI is InChI=1S/C8H11FO2/c1-5-3-6(9)4-8(2,11)7(5)10/h3-4,7,10-11H,1-2H3. The second-order valence-electron chi connectivity index (χ2n) is 3.05. The third kappa shape index (κ3) is 1.49. The first-order chi connectivity index (χ1) is 4.93. The van der Waals surface area contributed by atoms with Crippen molar-refractivity contribution in [1.82, 2.24) is 0 Å². The van der Waals surface area contributed by atoms with E-state index >= 15 is 0 Å². The second-order valence-corrected chi connectivity index (χ2v) is 3.05. The van der Waals surface area contributed by atoms with E-state index in [-0.39, 0.29) is 0 Å². The van der Waals surface area contributed by atoms with E-state index in [0.29, 0.717) is 5.57 Å². The van der Waals surface area contributed by atoms with Gasteiger partial charge in [-0.2, -0.15) is 0 Å². The third-order valence-corrected chi connectivity index (χ3v) is 1.78. The summed E-state index contributed by atoms with van der Waals surface area (Å²) >= 11 is 0. The molecule has 1 aliphatic rings. The largest absolute Gasteiger partial charge is 0.385 e. The molecule has 0 aromatic heterocycles. The van der Waals surface area contributed by atoms with Crippen molar-refractivity contribution >= 4 is 0 Å². The maximum atomic E-state index is 12.6. The molecule has 0 radical (unpaired) electrons. The monoisotopic (exact) mass is 158 g/mol. The lowest BCUT2D eigenvalue weighted by molar-refractivity contribution is -0.00897. The van der Waals surface area contributed by atoms with E-state index in [1.807, 2.05) is 0 Å². The number of aliphatic hydroxyl groups is 2. The lowest BCUT2D eigenvalue weighted by Gasteiger charge is -2.29. The van der Waals surface area contributed by atoms with Crippen LogP contribution in [0.25, 0.3) is 0 Å². The van der Waals surface area contributed by atoms with Crippen LogP contribution in [0.3, 0.4) is 0 Å². The quantitative estimate of drug-likeness (QED) is 0.550. The summed E-state index contributed by atoms with van der Waals surface area (Å²) < 4.78 is 12.6. The SMILES string of the molecule is CC1=CC(F)=CC(C)(O)C1O. The highest BCUT2D eigenvalue weighted by atomic mass is 19.1. The Labute approximate surface area is 64.7 Å². The molecule has 2 N–H and O–H groups in total. The van der Waals surface area contributed by atoms with Gasteiger partial charge in [-0.15, -0.1) is 0 Å². The lowest BCUT2D eigenvalue weighted by atomic mass is 9.89. The number of halogens is 1. The van der Waals surface area contributed by atoms with Gasteiger partial charge in [0.05, 0.1) is 0 Å². The normalized spacial score (nSPS) is 38.1. The van der Waals surface area contributed by atoms with Crippen molar-refractivity contribution in [2.45, 2.75) is 25.6 Å². The van der Waals surface area contributed by atoms with Crippen molar-refractivity contribution in [2.24, 2.45) is 0 Å². The zero-order valence-corrected chi connectivity index (χ0v) is 6.50. The summed E-state index contributed by atoms with van der Waals surface area (Å²) in [5.74, 6) is -0.502. The fraction of sp³-hybridized carbons (Fsp3) is 0.500. The maximum Gasteiger partial charge on any atom is 0.122 e. The Morgan fingerprint density at radius 2 is 2.18 bits per heavy atom. The molecule has 0 saturated carbocycles. The summed E-state index contributed by atoms with van der Waals surface area (Å²) in [4.78, 5) is 0. The molecule has 2 atom stereocenters. The van der Waals surface area contributed by atoms with Crippen LogP contribution in [0.4, 0.5) is 4.39 Å². The highest BCUT2D eigenvalue weighted by Gasteiger charge is 2.32. The second kappa shape index (κ2) is 2.43. The van der Waals surface area contributed by atoms with Gasteiger partial charge >= 0.3 is 0 Å². The van der Waals surface area contributed by atoms with Crippen LogP contribution < -0.4 is 0 Å². The Bertz CT molecular complexity index is 228. The summed E-state index contributed by atoms with van der Waals surface area (Å²) in [5.41, 5.74) is -1.03. The average Bonchev–Trinajstić information content (AvgIpc) is 1.81. The molecule has 3 heteroatoms. The zero-order chi connectivity index (χ0) is 8.65. The molecule has 11 heavy (non-hydrogen) atoms. The summed E-state index contributed by atoms with van der Waals surface area (Å²) in [5, 5.41) is 18.7. The molecule has 62 valence electrons. The molecule has 1 rings (SSSR count). The average molecular weight is 158 g/mol. The first kappa shape index (κ1) is 8.43. The Morgan fingerprint density at radius 1 is 1.64 bits per heavy atom. The molecule has 0 spiro atoms. The molecule has 0 bridgehead atoms. The van der Waals surface area contributed by atoms with Crippen molar-refractivity contribution < 1.29 is 14.6 Å². The van der Waals surface area contributed by atoms with Gasteiger partial charge in [0, 0.05) is 0 Å². The van der Waals surface area contributed by atoms with Crippen LogP contribution in [0.2, 0.25) is 0 Å². The van der Waals surface area contributed by atoms with E-state index < -0.39 is 17.5 Å². The number of allylic oxidation sites excluding steroid dienone is 2. The summed E-state index contributed by atoms with van der Waals surface area (Å²) in [6, 6.07) is 0. The smallest absolute Gasteiger partial charge is 0.122 e. The molecule has 0 aromatic carbocycles. The molecule has 0 fully saturated rings. The van der Waals surface area contributed by atoms with Crippen molar-refractivity contribution in [3.05, 3.63) is 23.6 Å². The van der Waals surface area contributed by atoms with Gasteiger partial charge in [-0.1, -0.05) is 0 Å². The topological polar surface area (TPSA) is 40.5 Å². The van der Waals surface area contributed by atoms with Crippen LogP contribution in [0.1, 0.15) is 13.8 Å². The highest BCUT2D eigenvalue weighted by molar-refractivity contribution is 5.31. The molecule has 0 heterocycles. The molecule has 0 aliphatic heterocycles. The van der Waals surface area contributed by atoms with Crippen LogP contribution in [0, 0.1) is 0 Å². The van der Waals surface area contributed by atoms with Crippen LogP contribution in [-0.4, -0.2) is 21.9 Å². The van der Waals surface area contributed by atoms with Gasteiger partial charge in [0.15, 0.2) is 0 Å². The third-order valence-electron chi connectivity index (χ3n) is 1.78. The maximum absolute atomic E-state index is 12.6. The van der Waals surface area contributed by atoms with Crippen LogP contribution >= 0.6 is 0 Å². The molecule has 0 aromatic rings. The van der Waals surface area contributed by atoms with Gasteiger partial charge in [0.25, 0.3) is 0 Å². The molecule has 0 saturated heterocycles. The first-order valence-electron chi connectivity index (χ1n) is 3.40. The Hall–Kier alpha value is -0.670. The van der Waals surface area contributed by atoms with Gasteiger partial charge in [0.1, 0.15) is 17.5 Å². The molecular formula is C8H11FO2. The Kier molecular flexibility index (Phi) is 1.86. The molecule has 1 aliphatic carbocycles. The van der Waals surface area contributed by atoms with Crippen molar-refractivity contribution in [3.8, 4) is 0 Å². The fourth-order valence-corrected chi connectivity index (χ4v) is 1.16. The van der Waals surface area contributed by atoms with E-state index in [9.17, 15) is 14.6 Å². The minimum atomic E-state index is -1.47. The van der Waals surface area contributed by atoms with E-state index in [1.165, 1.54) is 13.0 Å². The highest BCUT2D eigenvalue weighted by Crippen LogP contribution is 2.26. The van der Waals surface area contributed by atoms with Crippen LogP contribution in [-0.2, 0) is 0 Å². The Balaban J connectivity index is 3.01. The summed E-state index contributed by atoms with van der Waals surface area (Å²) in [7, 11) is 0. The molecule has 2 unspecified atom stereocenters.